The zero-order valence-corrected chi connectivity index (χ0v) is 15.2. The third-order valence-electron chi connectivity index (χ3n) is 4.94. The molecule has 1 unspecified atom stereocenters. The molecule has 1 aromatic carbocycles. The van der Waals surface area contributed by atoms with Gasteiger partial charge in [0, 0.05) is 16.5 Å². The quantitative estimate of drug-likeness (QED) is 0.527. The van der Waals surface area contributed by atoms with E-state index in [0.29, 0.717) is 29.0 Å². The van der Waals surface area contributed by atoms with Crippen LogP contribution in [0.5, 0.6) is 0 Å². The van der Waals surface area contributed by atoms with Crippen molar-refractivity contribution in [2.75, 3.05) is 5.32 Å². The minimum Gasteiger partial charge on any atom is -0.326 e. The first-order chi connectivity index (χ1) is 13.0. The van der Waals surface area contributed by atoms with Crippen molar-refractivity contribution in [3.63, 3.8) is 0 Å². The molecule has 2 atom stereocenters. The Balaban J connectivity index is 1.75. The van der Waals surface area contributed by atoms with Gasteiger partial charge < -0.3 is 5.32 Å². The molecule has 1 amide bonds. The van der Waals surface area contributed by atoms with Crippen molar-refractivity contribution in [1.82, 2.24) is 9.97 Å². The maximum Gasteiger partial charge on any atom is 0.448 e. The average molecular weight is 384 g/mol. The second kappa shape index (κ2) is 6.58. The standard InChI is InChI=1S/C18H16N4O4S/c1-9(17(24)22(25)26)11-7-8-12-13(11)14-15(23)20-18(21-16(14)27-12)19-10-5-3-2-4-6-10/h2-6,9,11H,7-8H2,1H3,(H2,19,20,21,23)/t9-,11?/m1/s1. The number of amides is 1. The van der Waals surface area contributed by atoms with Crippen LogP contribution >= 0.6 is 11.3 Å². The molecule has 0 aliphatic heterocycles. The highest BCUT2D eigenvalue weighted by Gasteiger charge is 2.40. The van der Waals surface area contributed by atoms with Crippen LogP contribution in [0.4, 0.5) is 11.6 Å². The van der Waals surface area contributed by atoms with Crippen molar-refractivity contribution in [3.05, 3.63) is 61.2 Å². The number of H-pyrrole nitrogens is 1. The number of benzene rings is 1. The van der Waals surface area contributed by atoms with Crippen LogP contribution in [0.1, 0.15) is 29.7 Å². The topological polar surface area (TPSA) is 118 Å². The fraction of sp³-hybridized carbons (Fsp3) is 0.278. The van der Waals surface area contributed by atoms with Gasteiger partial charge in [0.25, 0.3) is 5.56 Å². The number of aromatic amines is 1. The summed E-state index contributed by atoms with van der Waals surface area (Å²) >= 11 is 1.41. The summed E-state index contributed by atoms with van der Waals surface area (Å²) in [7, 11) is 0. The molecular weight excluding hydrogens is 368 g/mol. The number of aryl methyl sites for hydroxylation is 1. The molecule has 0 fully saturated rings. The van der Waals surface area contributed by atoms with E-state index in [4.69, 9.17) is 0 Å². The van der Waals surface area contributed by atoms with E-state index in [9.17, 15) is 19.7 Å². The summed E-state index contributed by atoms with van der Waals surface area (Å²) in [6, 6.07) is 9.36. The number of thiophene rings is 1. The molecule has 0 saturated heterocycles. The minimum atomic E-state index is -1.01. The number of carbonyl (C=O) groups excluding carboxylic acids is 1. The molecule has 2 N–H and O–H groups in total. The van der Waals surface area contributed by atoms with E-state index in [0.717, 1.165) is 16.1 Å². The summed E-state index contributed by atoms with van der Waals surface area (Å²) in [5.74, 6) is -1.79. The van der Waals surface area contributed by atoms with Gasteiger partial charge in [-0.3, -0.25) is 19.9 Å². The van der Waals surface area contributed by atoms with Crippen molar-refractivity contribution >= 4 is 39.1 Å². The molecule has 138 valence electrons. The Morgan fingerprint density at radius 2 is 2.15 bits per heavy atom. The van der Waals surface area contributed by atoms with Gasteiger partial charge in [-0.05, 0) is 37.5 Å². The Morgan fingerprint density at radius 1 is 1.41 bits per heavy atom. The number of nitro groups is 1. The van der Waals surface area contributed by atoms with Crippen molar-refractivity contribution in [1.29, 1.82) is 0 Å². The number of para-hydroxylation sites is 1. The van der Waals surface area contributed by atoms with Crippen molar-refractivity contribution < 1.29 is 9.72 Å². The van der Waals surface area contributed by atoms with E-state index in [1.165, 1.54) is 11.3 Å². The van der Waals surface area contributed by atoms with Crippen LogP contribution in [0.2, 0.25) is 0 Å². The maximum atomic E-state index is 12.7. The second-order valence-electron chi connectivity index (χ2n) is 6.55. The Bertz CT molecular complexity index is 1110. The summed E-state index contributed by atoms with van der Waals surface area (Å²) in [6.07, 6.45) is 1.32. The molecule has 8 nitrogen and oxygen atoms in total. The number of carbonyl (C=O) groups is 1. The number of fused-ring (bicyclic) bond motifs is 3. The first-order valence-corrected chi connectivity index (χ1v) is 9.33. The molecule has 0 spiro atoms. The molecule has 2 heterocycles. The van der Waals surface area contributed by atoms with Gasteiger partial charge in [-0.25, -0.2) is 9.78 Å². The lowest BCUT2D eigenvalue weighted by Gasteiger charge is -2.14. The Labute approximate surface area is 157 Å². The van der Waals surface area contributed by atoms with E-state index >= 15 is 0 Å². The largest absolute Gasteiger partial charge is 0.448 e. The van der Waals surface area contributed by atoms with E-state index < -0.39 is 16.7 Å². The number of hydrogen-bond donors (Lipinski definition) is 2. The van der Waals surface area contributed by atoms with Crippen LogP contribution in [-0.4, -0.2) is 20.8 Å². The fourth-order valence-corrected chi connectivity index (χ4v) is 4.90. The minimum absolute atomic E-state index is 0.302. The summed E-state index contributed by atoms with van der Waals surface area (Å²) in [4.78, 5) is 43.4. The number of nitrogens with zero attached hydrogens (tertiary/aromatic N) is 2. The molecule has 1 aliphatic carbocycles. The van der Waals surface area contributed by atoms with Crippen LogP contribution in [0.25, 0.3) is 10.2 Å². The number of hydrogen-bond acceptors (Lipinski definition) is 7. The third-order valence-corrected chi connectivity index (χ3v) is 6.10. The highest BCUT2D eigenvalue weighted by Crippen LogP contribution is 2.45. The molecular formula is C18H16N4O4S. The van der Waals surface area contributed by atoms with E-state index in [2.05, 4.69) is 15.3 Å². The Kier molecular flexibility index (Phi) is 4.23. The summed E-state index contributed by atoms with van der Waals surface area (Å²) in [6.45, 7) is 1.56. The van der Waals surface area contributed by atoms with E-state index in [-0.39, 0.29) is 11.5 Å². The Morgan fingerprint density at radius 3 is 2.85 bits per heavy atom. The SMILES string of the molecule is C[C@@H](C(=O)[N+](=O)[O-])C1CCc2sc3nc(Nc4ccccc4)[nH]c(=O)c3c21. The van der Waals surface area contributed by atoms with Gasteiger partial charge in [0.2, 0.25) is 5.95 Å². The molecule has 0 bridgehead atoms. The van der Waals surface area contributed by atoms with E-state index in [1.807, 2.05) is 30.3 Å². The third kappa shape index (κ3) is 2.99. The molecule has 9 heteroatoms. The number of anilines is 2. The molecule has 0 saturated carbocycles. The van der Waals surface area contributed by atoms with Crippen LogP contribution in [0.3, 0.4) is 0 Å². The van der Waals surface area contributed by atoms with E-state index in [1.54, 1.807) is 6.92 Å². The van der Waals surface area contributed by atoms with Gasteiger partial charge in [0.15, 0.2) is 0 Å². The van der Waals surface area contributed by atoms with Crippen LogP contribution in [0.15, 0.2) is 35.1 Å². The summed E-state index contributed by atoms with van der Waals surface area (Å²) < 4.78 is 0. The second-order valence-corrected chi connectivity index (χ2v) is 7.64. The van der Waals surface area contributed by atoms with Gasteiger partial charge in [-0.1, -0.05) is 18.2 Å². The van der Waals surface area contributed by atoms with Crippen LogP contribution in [-0.2, 0) is 11.2 Å². The number of rotatable bonds is 4. The lowest BCUT2D eigenvalue weighted by atomic mass is 9.88. The zero-order valence-electron chi connectivity index (χ0n) is 14.4. The van der Waals surface area contributed by atoms with Gasteiger partial charge in [-0.2, -0.15) is 0 Å². The van der Waals surface area contributed by atoms with Gasteiger partial charge >= 0.3 is 5.91 Å². The predicted octanol–water partition coefficient (Wildman–Crippen LogP) is 3.20. The molecule has 3 aromatic rings. The van der Waals surface area contributed by atoms with Crippen molar-refractivity contribution in [2.24, 2.45) is 5.92 Å². The zero-order chi connectivity index (χ0) is 19.1. The molecule has 4 rings (SSSR count). The monoisotopic (exact) mass is 384 g/mol. The van der Waals surface area contributed by atoms with Crippen LogP contribution in [0, 0.1) is 16.0 Å². The van der Waals surface area contributed by atoms with Crippen molar-refractivity contribution in [3.8, 4) is 0 Å². The first kappa shape index (κ1) is 17.3. The number of aromatic nitrogens is 2. The highest BCUT2D eigenvalue weighted by molar-refractivity contribution is 7.18. The van der Waals surface area contributed by atoms with Gasteiger partial charge in [0.1, 0.15) is 9.75 Å². The average Bonchev–Trinajstić information content (AvgIpc) is 3.20. The summed E-state index contributed by atoms with van der Waals surface area (Å²) in [5, 5.41) is 14.4. The molecule has 2 aromatic heterocycles. The number of nitrogens with one attached hydrogen (secondary N) is 2. The first-order valence-electron chi connectivity index (χ1n) is 8.51. The lowest BCUT2D eigenvalue weighted by Crippen LogP contribution is -2.25. The maximum absolute atomic E-state index is 12.7. The fourth-order valence-electron chi connectivity index (χ4n) is 3.64. The highest BCUT2D eigenvalue weighted by atomic mass is 32.1. The van der Waals surface area contributed by atoms with Gasteiger partial charge in [-0.15, -0.1) is 11.3 Å². The normalized spacial score (nSPS) is 16.9. The predicted molar refractivity (Wildman–Crippen MR) is 102 cm³/mol. The Hall–Kier alpha value is -3.07. The van der Waals surface area contributed by atoms with Crippen molar-refractivity contribution in [2.45, 2.75) is 25.7 Å². The lowest BCUT2D eigenvalue weighted by molar-refractivity contribution is -0.406. The molecule has 0 radical (unpaired) electrons. The molecule has 1 aliphatic rings. The van der Waals surface area contributed by atoms with Gasteiger partial charge in [0.05, 0.1) is 11.3 Å². The smallest absolute Gasteiger partial charge is 0.326 e. The van der Waals surface area contributed by atoms with Crippen LogP contribution < -0.4 is 10.9 Å². The summed E-state index contributed by atoms with van der Waals surface area (Å²) in [5.41, 5.74) is 1.24. The molecule has 27 heavy (non-hydrogen) atoms.